The fourth-order valence-electron chi connectivity index (χ4n) is 6.43. The van der Waals surface area contributed by atoms with Gasteiger partial charge in [0.25, 0.3) is 5.91 Å². The third-order valence-electron chi connectivity index (χ3n) is 9.17. The third-order valence-corrected chi connectivity index (χ3v) is 9.43. The van der Waals surface area contributed by atoms with Crippen LogP contribution in [0.2, 0.25) is 5.02 Å². The normalized spacial score (nSPS) is 15.4. The van der Waals surface area contributed by atoms with Gasteiger partial charge in [0.2, 0.25) is 0 Å². The standard InChI is InChI=1S/C42H48ClNO5/c1-28(15-21-38-30(3)13-9-23-42(38,5)6)11-8-12-29(2)25-40(46)49-24-10-14-34(45)26-36-31(4)44(39-22-20-35(48-7)27-37(36)39)41(47)32-16-18-33(43)19-17-32/h8,11-12,15-22,25,27H,9-10,13-14,23-24,26H2,1-7H3/b12-8+,21-15+,28-11+,29-25-. The number of methoxy groups -OCH3 is 1. The van der Waals surface area contributed by atoms with Gasteiger partial charge in [0.1, 0.15) is 11.5 Å². The molecule has 1 aromatic heterocycles. The summed E-state index contributed by atoms with van der Waals surface area (Å²) in [7, 11) is 1.58. The number of halogens is 1. The number of benzene rings is 2. The Hall–Kier alpha value is -4.42. The summed E-state index contributed by atoms with van der Waals surface area (Å²) in [6, 6.07) is 12.2. The highest BCUT2D eigenvalue weighted by atomic mass is 35.5. The molecule has 49 heavy (non-hydrogen) atoms. The molecule has 6 nitrogen and oxygen atoms in total. The van der Waals surface area contributed by atoms with E-state index in [-0.39, 0.29) is 36.6 Å². The van der Waals surface area contributed by atoms with E-state index in [1.807, 2.05) is 44.2 Å². The molecule has 7 heteroatoms. The van der Waals surface area contributed by atoms with Crippen LogP contribution in [-0.2, 0) is 20.7 Å². The number of allylic oxidation sites excluding steroid dienone is 9. The van der Waals surface area contributed by atoms with Crippen LogP contribution < -0.4 is 4.74 Å². The summed E-state index contributed by atoms with van der Waals surface area (Å²) in [6.07, 6.45) is 16.1. The first-order chi connectivity index (χ1) is 23.3. The van der Waals surface area contributed by atoms with Crippen molar-refractivity contribution < 1.29 is 23.9 Å². The Labute approximate surface area is 295 Å². The van der Waals surface area contributed by atoms with E-state index in [0.29, 0.717) is 34.0 Å². The Bertz CT molecular complexity index is 1860. The molecule has 0 spiro atoms. The lowest BCUT2D eigenvalue weighted by molar-refractivity contribution is -0.138. The van der Waals surface area contributed by atoms with Crippen molar-refractivity contribution in [1.29, 1.82) is 0 Å². The zero-order valence-electron chi connectivity index (χ0n) is 29.8. The zero-order valence-corrected chi connectivity index (χ0v) is 30.6. The molecule has 0 bridgehead atoms. The van der Waals surface area contributed by atoms with Crippen molar-refractivity contribution in [2.24, 2.45) is 5.41 Å². The van der Waals surface area contributed by atoms with E-state index in [2.05, 4.69) is 39.8 Å². The highest BCUT2D eigenvalue weighted by Gasteiger charge is 2.26. The van der Waals surface area contributed by atoms with Crippen molar-refractivity contribution in [1.82, 2.24) is 4.57 Å². The summed E-state index contributed by atoms with van der Waals surface area (Å²) in [5.41, 5.74) is 7.67. The third kappa shape index (κ3) is 9.82. The second kappa shape index (κ2) is 16.8. The lowest BCUT2D eigenvalue weighted by Gasteiger charge is -2.32. The number of ether oxygens (including phenoxy) is 2. The number of ketones is 1. The van der Waals surface area contributed by atoms with Gasteiger partial charge in [-0.15, -0.1) is 0 Å². The van der Waals surface area contributed by atoms with E-state index in [0.717, 1.165) is 22.1 Å². The number of hydrogen-bond acceptors (Lipinski definition) is 5. The fourth-order valence-corrected chi connectivity index (χ4v) is 6.56. The number of hydrogen-bond donors (Lipinski definition) is 0. The molecule has 4 rings (SSSR count). The average Bonchev–Trinajstić information content (AvgIpc) is 3.32. The molecular weight excluding hydrogens is 634 g/mol. The minimum atomic E-state index is -0.441. The van der Waals surface area contributed by atoms with Gasteiger partial charge in [0, 0.05) is 40.6 Å². The lowest BCUT2D eigenvalue weighted by Crippen LogP contribution is -2.19. The Morgan fingerprint density at radius 2 is 1.73 bits per heavy atom. The lowest BCUT2D eigenvalue weighted by atomic mass is 9.72. The summed E-state index contributed by atoms with van der Waals surface area (Å²) in [5.74, 6) is -0.0202. The Morgan fingerprint density at radius 1 is 1.00 bits per heavy atom. The van der Waals surface area contributed by atoms with Gasteiger partial charge in [-0.3, -0.25) is 14.2 Å². The molecule has 1 aliphatic rings. The predicted octanol–water partition coefficient (Wildman–Crippen LogP) is 10.3. The molecule has 0 unspecified atom stereocenters. The van der Waals surface area contributed by atoms with E-state index in [1.165, 1.54) is 36.5 Å². The first kappa shape index (κ1) is 37.4. The number of rotatable bonds is 13. The molecule has 0 N–H and O–H groups in total. The van der Waals surface area contributed by atoms with Gasteiger partial charge in [-0.25, -0.2) is 4.79 Å². The number of carbonyl (C=O) groups excluding carboxylic acids is 3. The van der Waals surface area contributed by atoms with Crippen molar-refractivity contribution >= 4 is 40.2 Å². The minimum absolute atomic E-state index is 0.00988. The van der Waals surface area contributed by atoms with Crippen LogP contribution in [0.15, 0.2) is 101 Å². The van der Waals surface area contributed by atoms with E-state index in [1.54, 1.807) is 42.0 Å². The van der Waals surface area contributed by atoms with Crippen LogP contribution in [0.1, 0.15) is 88.3 Å². The van der Waals surface area contributed by atoms with Gasteiger partial charge in [-0.2, -0.15) is 0 Å². The number of Topliss-reactive ketones (excluding diaryl/α,β-unsaturated/α-hetero) is 1. The van der Waals surface area contributed by atoms with Gasteiger partial charge in [0.15, 0.2) is 0 Å². The highest BCUT2D eigenvalue weighted by molar-refractivity contribution is 6.30. The molecular formula is C42H48ClNO5. The smallest absolute Gasteiger partial charge is 0.331 e. The average molecular weight is 682 g/mol. The maximum absolute atomic E-state index is 13.5. The van der Waals surface area contributed by atoms with Gasteiger partial charge >= 0.3 is 5.97 Å². The van der Waals surface area contributed by atoms with E-state index in [4.69, 9.17) is 21.1 Å². The Balaban J connectivity index is 1.31. The van der Waals surface area contributed by atoms with Gasteiger partial charge < -0.3 is 9.47 Å². The number of fused-ring (bicyclic) bond motifs is 1. The molecule has 0 atom stereocenters. The first-order valence-electron chi connectivity index (χ1n) is 16.9. The minimum Gasteiger partial charge on any atom is -0.497 e. The second-order valence-electron chi connectivity index (χ2n) is 13.5. The molecule has 2 aromatic carbocycles. The number of esters is 1. The van der Waals surface area contributed by atoms with Crippen LogP contribution in [0, 0.1) is 12.3 Å². The molecule has 0 aliphatic heterocycles. The van der Waals surface area contributed by atoms with Crippen molar-refractivity contribution in [3.05, 3.63) is 123 Å². The number of aromatic nitrogens is 1. The summed E-state index contributed by atoms with van der Waals surface area (Å²) in [4.78, 5) is 39.1. The first-order valence-corrected chi connectivity index (χ1v) is 17.3. The molecule has 0 saturated carbocycles. The highest BCUT2D eigenvalue weighted by Crippen LogP contribution is 2.40. The van der Waals surface area contributed by atoms with Gasteiger partial charge in [-0.1, -0.05) is 67.0 Å². The maximum Gasteiger partial charge on any atom is 0.331 e. The van der Waals surface area contributed by atoms with Crippen LogP contribution in [0.5, 0.6) is 5.75 Å². The van der Waals surface area contributed by atoms with Crippen molar-refractivity contribution in [2.75, 3.05) is 13.7 Å². The van der Waals surface area contributed by atoms with Crippen LogP contribution >= 0.6 is 11.6 Å². The predicted molar refractivity (Wildman–Crippen MR) is 199 cm³/mol. The molecule has 0 fully saturated rings. The molecule has 0 saturated heterocycles. The van der Waals surface area contributed by atoms with Crippen LogP contribution in [0.3, 0.4) is 0 Å². The molecule has 0 amide bonds. The SMILES string of the molecule is COc1ccc2c(c1)c(CC(=O)CCCOC(=O)\C=C(C)/C=C/C=C(C)/C=C/C1=C(C)CCCC1(C)C)c(C)n2C(=O)c1ccc(Cl)cc1. The Kier molecular flexibility index (Phi) is 12.8. The van der Waals surface area contributed by atoms with E-state index >= 15 is 0 Å². The monoisotopic (exact) mass is 681 g/mol. The number of nitrogens with zero attached hydrogens (tertiary/aromatic N) is 1. The second-order valence-corrected chi connectivity index (χ2v) is 13.9. The zero-order chi connectivity index (χ0) is 35.7. The Morgan fingerprint density at radius 3 is 2.43 bits per heavy atom. The number of carbonyl (C=O) groups is 3. The van der Waals surface area contributed by atoms with E-state index in [9.17, 15) is 14.4 Å². The summed E-state index contributed by atoms with van der Waals surface area (Å²) < 4.78 is 12.5. The van der Waals surface area contributed by atoms with Gasteiger partial charge in [-0.05, 0) is 118 Å². The fraction of sp³-hybridized carbons (Fsp3) is 0.357. The molecule has 1 heterocycles. The van der Waals surface area contributed by atoms with Crippen LogP contribution in [0.4, 0.5) is 0 Å². The van der Waals surface area contributed by atoms with Crippen molar-refractivity contribution in [3.8, 4) is 5.75 Å². The van der Waals surface area contributed by atoms with Crippen LogP contribution in [0.25, 0.3) is 10.9 Å². The maximum atomic E-state index is 13.5. The summed E-state index contributed by atoms with van der Waals surface area (Å²) in [5, 5.41) is 1.33. The van der Waals surface area contributed by atoms with Crippen molar-refractivity contribution in [2.45, 2.75) is 80.1 Å². The summed E-state index contributed by atoms with van der Waals surface area (Å²) >= 11 is 6.03. The van der Waals surface area contributed by atoms with Gasteiger partial charge in [0.05, 0.1) is 19.2 Å². The van der Waals surface area contributed by atoms with E-state index < -0.39 is 5.97 Å². The molecule has 258 valence electrons. The molecule has 3 aromatic rings. The van der Waals surface area contributed by atoms with Crippen molar-refractivity contribution in [3.63, 3.8) is 0 Å². The summed E-state index contributed by atoms with van der Waals surface area (Å²) in [6.45, 7) is 12.8. The molecule has 0 radical (unpaired) electrons. The van der Waals surface area contributed by atoms with Crippen LogP contribution in [-0.4, -0.2) is 35.9 Å². The largest absolute Gasteiger partial charge is 0.497 e. The molecule has 1 aliphatic carbocycles. The topological polar surface area (TPSA) is 74.6 Å². The quantitative estimate of drug-likeness (QED) is 0.0777.